The SMILES string of the molecule is [C-]#[N+]C1(OC(=O)c2ccccc2)CCCCC1. The predicted octanol–water partition coefficient (Wildman–Crippen LogP) is 3.42. The minimum atomic E-state index is -0.912. The van der Waals surface area contributed by atoms with Crippen molar-refractivity contribution >= 4 is 5.97 Å². The third-order valence-electron chi connectivity index (χ3n) is 3.13. The van der Waals surface area contributed by atoms with Crippen molar-refractivity contribution < 1.29 is 9.53 Å². The summed E-state index contributed by atoms with van der Waals surface area (Å²) in [6.45, 7) is 7.25. The molecule has 0 aliphatic heterocycles. The number of carbonyl (C=O) groups excluding carboxylic acids is 1. The van der Waals surface area contributed by atoms with Gasteiger partial charge in [-0.15, -0.1) is 0 Å². The highest BCUT2D eigenvalue weighted by molar-refractivity contribution is 5.89. The van der Waals surface area contributed by atoms with E-state index in [0.29, 0.717) is 18.4 Å². The molecule has 0 atom stereocenters. The van der Waals surface area contributed by atoms with E-state index < -0.39 is 5.72 Å². The molecular formula is C14H15NO2. The first-order chi connectivity index (χ1) is 8.26. The van der Waals surface area contributed by atoms with E-state index in [9.17, 15) is 4.79 Å². The lowest BCUT2D eigenvalue weighted by molar-refractivity contribution is -0.0127. The van der Waals surface area contributed by atoms with Gasteiger partial charge < -0.3 is 4.74 Å². The molecule has 3 nitrogen and oxygen atoms in total. The highest BCUT2D eigenvalue weighted by atomic mass is 16.6. The van der Waals surface area contributed by atoms with Crippen LogP contribution >= 0.6 is 0 Å². The molecule has 2 rings (SSSR count). The summed E-state index contributed by atoms with van der Waals surface area (Å²) in [5.74, 6) is -0.386. The van der Waals surface area contributed by atoms with Crippen LogP contribution in [-0.4, -0.2) is 11.7 Å². The lowest BCUT2D eigenvalue weighted by atomic mass is 9.92. The van der Waals surface area contributed by atoms with Crippen LogP contribution in [0.2, 0.25) is 0 Å². The van der Waals surface area contributed by atoms with Gasteiger partial charge in [0, 0.05) is 0 Å². The van der Waals surface area contributed by atoms with Gasteiger partial charge >= 0.3 is 11.7 Å². The molecule has 0 saturated heterocycles. The Morgan fingerprint density at radius 1 is 1.18 bits per heavy atom. The molecular weight excluding hydrogens is 214 g/mol. The molecule has 3 heteroatoms. The first-order valence-corrected chi connectivity index (χ1v) is 5.93. The Morgan fingerprint density at radius 3 is 2.41 bits per heavy atom. The normalized spacial score (nSPS) is 18.1. The monoisotopic (exact) mass is 229 g/mol. The van der Waals surface area contributed by atoms with Crippen molar-refractivity contribution in [3.8, 4) is 0 Å². The van der Waals surface area contributed by atoms with Gasteiger partial charge in [-0.2, -0.15) is 0 Å². The number of benzene rings is 1. The van der Waals surface area contributed by atoms with E-state index in [1.54, 1.807) is 24.3 Å². The van der Waals surface area contributed by atoms with Crippen LogP contribution in [0.15, 0.2) is 30.3 Å². The summed E-state index contributed by atoms with van der Waals surface area (Å²) in [6.07, 6.45) is 4.37. The zero-order chi connectivity index (χ0) is 12.1. The fourth-order valence-electron chi connectivity index (χ4n) is 2.15. The van der Waals surface area contributed by atoms with Crippen molar-refractivity contribution in [2.24, 2.45) is 0 Å². The van der Waals surface area contributed by atoms with Gasteiger partial charge in [-0.1, -0.05) is 24.6 Å². The van der Waals surface area contributed by atoms with Gasteiger partial charge in [0.25, 0.3) is 0 Å². The molecule has 1 aromatic rings. The quantitative estimate of drug-likeness (QED) is 0.574. The van der Waals surface area contributed by atoms with E-state index in [-0.39, 0.29) is 5.97 Å². The van der Waals surface area contributed by atoms with Crippen LogP contribution < -0.4 is 0 Å². The van der Waals surface area contributed by atoms with E-state index in [1.807, 2.05) is 6.07 Å². The molecule has 1 aliphatic carbocycles. The van der Waals surface area contributed by atoms with Crippen molar-refractivity contribution in [2.75, 3.05) is 0 Å². The molecule has 17 heavy (non-hydrogen) atoms. The molecule has 0 bridgehead atoms. The summed E-state index contributed by atoms with van der Waals surface area (Å²) in [5.41, 5.74) is -0.397. The third kappa shape index (κ3) is 2.65. The van der Waals surface area contributed by atoms with Crippen LogP contribution in [0.1, 0.15) is 42.5 Å². The number of esters is 1. The van der Waals surface area contributed by atoms with Gasteiger partial charge in [0.1, 0.15) is 0 Å². The lowest BCUT2D eigenvalue weighted by Gasteiger charge is -2.25. The maximum atomic E-state index is 11.9. The minimum Gasteiger partial charge on any atom is -0.385 e. The number of ether oxygens (including phenoxy) is 1. The van der Waals surface area contributed by atoms with Crippen LogP contribution in [-0.2, 0) is 4.74 Å². The van der Waals surface area contributed by atoms with Gasteiger partial charge in [-0.25, -0.2) is 11.4 Å². The molecule has 0 heterocycles. The number of carbonyl (C=O) groups is 1. The average Bonchev–Trinajstić information content (AvgIpc) is 2.41. The topological polar surface area (TPSA) is 30.7 Å². The highest BCUT2D eigenvalue weighted by Crippen LogP contribution is 2.33. The fraction of sp³-hybridized carbons (Fsp3) is 0.429. The second-order valence-electron chi connectivity index (χ2n) is 4.37. The Bertz CT molecular complexity index is 427. The molecule has 88 valence electrons. The molecule has 0 amide bonds. The summed E-state index contributed by atoms with van der Waals surface area (Å²) in [6, 6.07) is 8.86. The first kappa shape index (κ1) is 11.7. The molecule has 0 aromatic heterocycles. The van der Waals surface area contributed by atoms with Crippen molar-refractivity contribution in [1.82, 2.24) is 0 Å². The van der Waals surface area contributed by atoms with Crippen LogP contribution in [0, 0.1) is 6.57 Å². The molecule has 1 aromatic carbocycles. The molecule has 0 unspecified atom stereocenters. The summed E-state index contributed by atoms with van der Waals surface area (Å²) in [4.78, 5) is 15.5. The zero-order valence-electron chi connectivity index (χ0n) is 9.69. The molecule has 1 aliphatic rings. The number of hydrogen-bond donors (Lipinski definition) is 0. The van der Waals surface area contributed by atoms with Gasteiger partial charge in [-0.05, 0) is 25.0 Å². The minimum absolute atomic E-state index is 0.386. The van der Waals surface area contributed by atoms with Gasteiger partial charge in [-0.3, -0.25) is 4.85 Å². The standard InChI is InChI=1S/C14H15NO2/c1-15-14(10-6-3-7-11-14)17-13(16)12-8-4-2-5-9-12/h2,4-5,8-9H,3,6-7,10-11H2. The number of hydrogen-bond acceptors (Lipinski definition) is 2. The lowest BCUT2D eigenvalue weighted by Crippen LogP contribution is -2.33. The Balaban J connectivity index is 2.10. The van der Waals surface area contributed by atoms with Crippen molar-refractivity contribution in [2.45, 2.75) is 37.8 Å². The van der Waals surface area contributed by atoms with Crippen molar-refractivity contribution in [3.05, 3.63) is 47.3 Å². The van der Waals surface area contributed by atoms with Crippen LogP contribution in [0.4, 0.5) is 0 Å². The number of nitrogens with zero attached hydrogens (tertiary/aromatic N) is 1. The Labute approximate surface area is 101 Å². The second-order valence-corrected chi connectivity index (χ2v) is 4.37. The molecule has 1 fully saturated rings. The average molecular weight is 229 g/mol. The van der Waals surface area contributed by atoms with Gasteiger partial charge in [0.2, 0.25) is 0 Å². The van der Waals surface area contributed by atoms with E-state index in [4.69, 9.17) is 11.3 Å². The van der Waals surface area contributed by atoms with Gasteiger partial charge in [0.15, 0.2) is 0 Å². The van der Waals surface area contributed by atoms with Crippen LogP contribution in [0.3, 0.4) is 0 Å². The summed E-state index contributed by atoms with van der Waals surface area (Å²) in [5, 5.41) is 0. The van der Waals surface area contributed by atoms with Crippen molar-refractivity contribution in [1.29, 1.82) is 0 Å². The highest BCUT2D eigenvalue weighted by Gasteiger charge is 2.42. The fourth-order valence-corrected chi connectivity index (χ4v) is 2.15. The summed E-state index contributed by atoms with van der Waals surface area (Å²) >= 11 is 0. The van der Waals surface area contributed by atoms with Gasteiger partial charge in [0.05, 0.1) is 18.4 Å². The smallest absolute Gasteiger partial charge is 0.377 e. The number of rotatable bonds is 2. The van der Waals surface area contributed by atoms with E-state index in [0.717, 1.165) is 19.3 Å². The van der Waals surface area contributed by atoms with E-state index >= 15 is 0 Å². The van der Waals surface area contributed by atoms with Crippen molar-refractivity contribution in [3.63, 3.8) is 0 Å². The Hall–Kier alpha value is -1.82. The maximum absolute atomic E-state index is 11.9. The molecule has 0 N–H and O–H groups in total. The first-order valence-electron chi connectivity index (χ1n) is 5.93. The maximum Gasteiger partial charge on any atom is 0.377 e. The summed E-state index contributed by atoms with van der Waals surface area (Å²) in [7, 11) is 0. The van der Waals surface area contributed by atoms with E-state index in [1.165, 1.54) is 0 Å². The van der Waals surface area contributed by atoms with E-state index in [2.05, 4.69) is 4.85 Å². The molecule has 0 radical (unpaired) electrons. The predicted molar refractivity (Wildman–Crippen MR) is 64.3 cm³/mol. The Morgan fingerprint density at radius 2 is 1.82 bits per heavy atom. The second kappa shape index (κ2) is 5.01. The summed E-state index contributed by atoms with van der Waals surface area (Å²) < 4.78 is 5.42. The molecule has 1 saturated carbocycles. The molecule has 0 spiro atoms. The Kier molecular flexibility index (Phi) is 3.43. The zero-order valence-corrected chi connectivity index (χ0v) is 9.69. The van der Waals surface area contributed by atoms with Crippen LogP contribution in [0.5, 0.6) is 0 Å². The largest absolute Gasteiger partial charge is 0.385 e. The third-order valence-corrected chi connectivity index (χ3v) is 3.13. The van der Waals surface area contributed by atoms with Crippen LogP contribution in [0.25, 0.3) is 4.85 Å².